The first-order valence-corrected chi connectivity index (χ1v) is 13.5. The van der Waals surface area contributed by atoms with E-state index in [2.05, 4.69) is 119 Å². The summed E-state index contributed by atoms with van der Waals surface area (Å²) in [6.45, 7) is 8.31. The van der Waals surface area contributed by atoms with E-state index < -0.39 is 7.12 Å². The van der Waals surface area contributed by atoms with Crippen molar-refractivity contribution in [2.75, 3.05) is 0 Å². The Balaban J connectivity index is 1.39. The molecule has 0 saturated carbocycles. The van der Waals surface area contributed by atoms with Crippen molar-refractivity contribution in [2.45, 2.75) is 38.9 Å². The summed E-state index contributed by atoms with van der Waals surface area (Å²) in [5, 5.41) is 9.59. The molecule has 5 heteroatoms. The van der Waals surface area contributed by atoms with E-state index in [1.165, 1.54) is 26.9 Å². The zero-order chi connectivity index (χ0) is 26.5. The first-order valence-electron chi connectivity index (χ1n) is 13.5. The van der Waals surface area contributed by atoms with Gasteiger partial charge in [0.25, 0.3) is 0 Å². The summed E-state index contributed by atoms with van der Waals surface area (Å²) in [4.78, 5) is 10.5. The third-order valence-electron chi connectivity index (χ3n) is 8.86. The number of rotatable bonds is 2. The van der Waals surface area contributed by atoms with E-state index in [0.717, 1.165) is 44.0 Å². The Bertz CT molecular complexity index is 1960. The molecule has 0 N–H and O–H groups in total. The van der Waals surface area contributed by atoms with Crippen molar-refractivity contribution in [1.29, 1.82) is 0 Å². The highest BCUT2D eigenvalue weighted by atomic mass is 16.7. The fourth-order valence-corrected chi connectivity index (χ4v) is 6.10. The second-order valence-electron chi connectivity index (χ2n) is 11.6. The van der Waals surface area contributed by atoms with Gasteiger partial charge in [-0.2, -0.15) is 0 Å². The zero-order valence-electron chi connectivity index (χ0n) is 22.4. The quantitative estimate of drug-likeness (QED) is 0.137. The maximum Gasteiger partial charge on any atom is 0.494 e. The number of hydrogen-bond donors (Lipinski definition) is 0. The Labute approximate surface area is 227 Å². The van der Waals surface area contributed by atoms with Crippen LogP contribution in [0.15, 0.2) is 91.0 Å². The van der Waals surface area contributed by atoms with Crippen LogP contribution in [0.4, 0.5) is 0 Å². The van der Waals surface area contributed by atoms with Crippen LogP contribution in [0.25, 0.3) is 65.5 Å². The van der Waals surface area contributed by atoms with Gasteiger partial charge in [0.2, 0.25) is 0 Å². The minimum atomic E-state index is -0.400. The Morgan fingerprint density at radius 2 is 0.974 bits per heavy atom. The standard InChI is InChI=1S/C34H27BN2O2/c1-33(2)34(3,4)39-35(38-33)21-18-16-20(17-19-21)32-36-30-26-12-7-5-10-22(26)24-14-9-15-25-23-11-6-8-13-27(23)31(37-32)29(30)28(24)25/h5-19H,1-4H3. The van der Waals surface area contributed by atoms with Gasteiger partial charge >= 0.3 is 7.12 Å². The lowest BCUT2D eigenvalue weighted by molar-refractivity contribution is 0.00578. The first-order chi connectivity index (χ1) is 18.8. The fourth-order valence-electron chi connectivity index (χ4n) is 6.10. The molecule has 39 heavy (non-hydrogen) atoms. The topological polar surface area (TPSA) is 44.2 Å². The maximum absolute atomic E-state index is 6.27. The van der Waals surface area contributed by atoms with Crippen LogP contribution in [-0.4, -0.2) is 28.3 Å². The summed E-state index contributed by atoms with van der Waals surface area (Å²) < 4.78 is 12.5. The SMILES string of the molecule is CC1(C)OB(c2ccc(-c3nc4c5ccccc5c5cccc6c7ccccc7c(n3)c4c56)cc2)OC1(C)C. The van der Waals surface area contributed by atoms with Crippen LogP contribution in [-0.2, 0) is 9.31 Å². The molecule has 4 nitrogen and oxygen atoms in total. The van der Waals surface area contributed by atoms with E-state index in [-0.39, 0.29) is 11.2 Å². The van der Waals surface area contributed by atoms with Gasteiger partial charge in [0.05, 0.1) is 22.2 Å². The van der Waals surface area contributed by atoms with Crippen molar-refractivity contribution in [1.82, 2.24) is 9.97 Å². The molecule has 0 radical (unpaired) electrons. The van der Waals surface area contributed by atoms with Crippen LogP contribution in [0.2, 0.25) is 0 Å². The molecule has 8 rings (SSSR count). The molecule has 7 aromatic rings. The van der Waals surface area contributed by atoms with E-state index in [9.17, 15) is 0 Å². The molecule has 1 aromatic heterocycles. The van der Waals surface area contributed by atoms with Crippen LogP contribution in [0.1, 0.15) is 27.7 Å². The molecule has 188 valence electrons. The van der Waals surface area contributed by atoms with E-state index in [0.29, 0.717) is 0 Å². The van der Waals surface area contributed by atoms with Gasteiger partial charge in [-0.3, -0.25) is 0 Å². The summed E-state index contributed by atoms with van der Waals surface area (Å²) in [5.41, 5.74) is 3.19. The normalized spacial score (nSPS) is 16.9. The number of hydrogen-bond acceptors (Lipinski definition) is 4. The minimum absolute atomic E-state index is 0.378. The average molecular weight is 506 g/mol. The van der Waals surface area contributed by atoms with Crippen molar-refractivity contribution in [3.63, 3.8) is 0 Å². The molecule has 1 fully saturated rings. The van der Waals surface area contributed by atoms with Crippen molar-refractivity contribution >= 4 is 66.7 Å². The highest BCUT2D eigenvalue weighted by molar-refractivity contribution is 6.62. The molecule has 0 unspecified atom stereocenters. The van der Waals surface area contributed by atoms with Crippen LogP contribution in [0.3, 0.4) is 0 Å². The third kappa shape index (κ3) is 3.15. The van der Waals surface area contributed by atoms with Crippen LogP contribution in [0.5, 0.6) is 0 Å². The minimum Gasteiger partial charge on any atom is -0.399 e. The molecule has 0 bridgehead atoms. The summed E-state index contributed by atoms with van der Waals surface area (Å²) in [6, 6.07) is 32.1. The molecular formula is C34H27BN2O2. The predicted molar refractivity (Wildman–Crippen MR) is 162 cm³/mol. The monoisotopic (exact) mass is 506 g/mol. The van der Waals surface area contributed by atoms with Crippen LogP contribution in [0, 0.1) is 0 Å². The Kier molecular flexibility index (Phi) is 4.55. The van der Waals surface area contributed by atoms with Crippen molar-refractivity contribution in [3.8, 4) is 11.4 Å². The Hall–Kier alpha value is -4.06. The van der Waals surface area contributed by atoms with Crippen molar-refractivity contribution in [2.24, 2.45) is 0 Å². The highest BCUT2D eigenvalue weighted by Gasteiger charge is 2.51. The lowest BCUT2D eigenvalue weighted by Crippen LogP contribution is -2.41. The van der Waals surface area contributed by atoms with Gasteiger partial charge in [-0.1, -0.05) is 91.0 Å². The molecule has 0 aliphatic carbocycles. The van der Waals surface area contributed by atoms with E-state index in [1.54, 1.807) is 0 Å². The van der Waals surface area contributed by atoms with E-state index >= 15 is 0 Å². The second-order valence-corrected chi connectivity index (χ2v) is 11.6. The number of fused-ring (bicyclic) bond motifs is 6. The fraction of sp³-hybridized carbons (Fsp3) is 0.176. The number of benzene rings is 6. The van der Waals surface area contributed by atoms with Gasteiger partial charge in [0.1, 0.15) is 0 Å². The molecule has 6 aromatic carbocycles. The molecule has 0 spiro atoms. The summed E-state index contributed by atoms with van der Waals surface area (Å²) >= 11 is 0. The Morgan fingerprint density at radius 3 is 1.49 bits per heavy atom. The molecule has 2 heterocycles. The van der Waals surface area contributed by atoms with Gasteiger partial charge in [-0.25, -0.2) is 9.97 Å². The van der Waals surface area contributed by atoms with Crippen LogP contribution < -0.4 is 5.46 Å². The van der Waals surface area contributed by atoms with Crippen LogP contribution >= 0.6 is 0 Å². The lowest BCUT2D eigenvalue weighted by Gasteiger charge is -2.32. The molecule has 0 atom stereocenters. The molecule has 1 aliphatic heterocycles. The largest absolute Gasteiger partial charge is 0.494 e. The maximum atomic E-state index is 6.27. The van der Waals surface area contributed by atoms with Crippen molar-refractivity contribution in [3.05, 3.63) is 91.0 Å². The van der Waals surface area contributed by atoms with Gasteiger partial charge in [0, 0.05) is 27.1 Å². The van der Waals surface area contributed by atoms with E-state index in [4.69, 9.17) is 19.3 Å². The second kappa shape index (κ2) is 7.75. The summed E-state index contributed by atoms with van der Waals surface area (Å²) in [6.07, 6.45) is 0. The van der Waals surface area contributed by atoms with E-state index in [1.807, 2.05) is 0 Å². The lowest BCUT2D eigenvalue weighted by atomic mass is 9.79. The number of aromatic nitrogens is 2. The first kappa shape index (κ1) is 22.9. The molecule has 0 amide bonds. The smallest absolute Gasteiger partial charge is 0.399 e. The molecular weight excluding hydrogens is 479 g/mol. The van der Waals surface area contributed by atoms with Gasteiger partial charge in [0.15, 0.2) is 5.82 Å². The van der Waals surface area contributed by atoms with Gasteiger partial charge in [-0.05, 0) is 54.7 Å². The summed E-state index contributed by atoms with van der Waals surface area (Å²) in [7, 11) is -0.400. The van der Waals surface area contributed by atoms with Gasteiger partial charge < -0.3 is 9.31 Å². The zero-order valence-corrected chi connectivity index (χ0v) is 22.4. The third-order valence-corrected chi connectivity index (χ3v) is 8.86. The average Bonchev–Trinajstić information content (AvgIpc) is 3.18. The van der Waals surface area contributed by atoms with Crippen molar-refractivity contribution < 1.29 is 9.31 Å². The number of nitrogens with zero attached hydrogens (tertiary/aromatic N) is 2. The predicted octanol–water partition coefficient (Wildman–Crippen LogP) is 7.65. The highest BCUT2D eigenvalue weighted by Crippen LogP contribution is 2.44. The molecule has 1 aliphatic rings. The molecule has 1 saturated heterocycles. The summed E-state index contributed by atoms with van der Waals surface area (Å²) in [5.74, 6) is 0.719. The van der Waals surface area contributed by atoms with Gasteiger partial charge in [-0.15, -0.1) is 0 Å². The Morgan fingerprint density at radius 1 is 0.513 bits per heavy atom.